The quantitative estimate of drug-likeness (QED) is 0.789. The Morgan fingerprint density at radius 2 is 2.29 bits per heavy atom. The molecule has 2 aliphatic rings. The number of morpholine rings is 1. The highest BCUT2D eigenvalue weighted by Gasteiger charge is 2.41. The maximum Gasteiger partial charge on any atom is 0.142 e. The highest BCUT2D eigenvalue weighted by molar-refractivity contribution is 5.88. The second-order valence-electron chi connectivity index (χ2n) is 5.92. The molecule has 1 saturated carbocycles. The van der Waals surface area contributed by atoms with Gasteiger partial charge < -0.3 is 9.84 Å². The van der Waals surface area contributed by atoms with Crippen LogP contribution in [-0.4, -0.2) is 54.7 Å². The molecule has 1 heterocycles. The van der Waals surface area contributed by atoms with Crippen LogP contribution >= 0.6 is 0 Å². The highest BCUT2D eigenvalue weighted by Crippen LogP contribution is 2.37. The van der Waals surface area contributed by atoms with Crippen molar-refractivity contribution in [1.82, 2.24) is 4.90 Å². The minimum atomic E-state index is -0.132. The van der Waals surface area contributed by atoms with Crippen molar-refractivity contribution in [2.75, 3.05) is 32.8 Å². The van der Waals surface area contributed by atoms with Crippen LogP contribution < -0.4 is 0 Å². The standard InChI is InChI=1S/C13H23NO3/c1-13(2)4-3-10(12(13)16)7-14-5-6-17-11(8-14)9-15/h10-11,15H,3-9H2,1-2H3. The third-order valence-electron chi connectivity index (χ3n) is 4.06. The number of aliphatic hydroxyl groups excluding tert-OH is 1. The molecule has 2 rings (SSSR count). The number of nitrogens with zero attached hydrogens (tertiary/aromatic N) is 1. The summed E-state index contributed by atoms with van der Waals surface area (Å²) in [7, 11) is 0. The van der Waals surface area contributed by atoms with Crippen LogP contribution in [0.5, 0.6) is 0 Å². The molecule has 1 saturated heterocycles. The summed E-state index contributed by atoms with van der Waals surface area (Å²) in [5.41, 5.74) is -0.132. The smallest absolute Gasteiger partial charge is 0.142 e. The van der Waals surface area contributed by atoms with E-state index in [0.29, 0.717) is 12.4 Å². The van der Waals surface area contributed by atoms with E-state index in [0.717, 1.165) is 32.5 Å². The van der Waals surface area contributed by atoms with Gasteiger partial charge in [0, 0.05) is 31.0 Å². The van der Waals surface area contributed by atoms with Gasteiger partial charge in [0.1, 0.15) is 5.78 Å². The van der Waals surface area contributed by atoms with Gasteiger partial charge in [-0.25, -0.2) is 0 Å². The Morgan fingerprint density at radius 1 is 1.53 bits per heavy atom. The zero-order valence-corrected chi connectivity index (χ0v) is 10.8. The van der Waals surface area contributed by atoms with E-state index in [2.05, 4.69) is 4.90 Å². The van der Waals surface area contributed by atoms with Crippen molar-refractivity contribution in [3.63, 3.8) is 0 Å². The SMILES string of the molecule is CC1(C)CCC(CN2CCOC(CO)C2)C1=O. The van der Waals surface area contributed by atoms with Gasteiger partial charge in [-0.15, -0.1) is 0 Å². The molecular weight excluding hydrogens is 218 g/mol. The van der Waals surface area contributed by atoms with Gasteiger partial charge >= 0.3 is 0 Å². The molecule has 4 heteroatoms. The maximum atomic E-state index is 12.1. The minimum absolute atomic E-state index is 0.0700. The fraction of sp³-hybridized carbons (Fsp3) is 0.923. The van der Waals surface area contributed by atoms with Gasteiger partial charge in [-0.05, 0) is 12.8 Å². The zero-order valence-electron chi connectivity index (χ0n) is 10.8. The number of aliphatic hydroxyl groups is 1. The molecule has 2 fully saturated rings. The molecule has 1 N–H and O–H groups in total. The van der Waals surface area contributed by atoms with E-state index in [1.165, 1.54) is 0 Å². The molecule has 0 aromatic heterocycles. The molecule has 1 aliphatic carbocycles. The number of carbonyl (C=O) groups is 1. The molecular formula is C13H23NO3. The number of hydrogen-bond acceptors (Lipinski definition) is 4. The van der Waals surface area contributed by atoms with E-state index in [-0.39, 0.29) is 24.0 Å². The van der Waals surface area contributed by atoms with Crippen molar-refractivity contribution in [1.29, 1.82) is 0 Å². The van der Waals surface area contributed by atoms with Gasteiger partial charge in [-0.1, -0.05) is 13.8 Å². The Balaban J connectivity index is 1.87. The van der Waals surface area contributed by atoms with Crippen LogP contribution in [0, 0.1) is 11.3 Å². The molecule has 0 spiro atoms. The number of carbonyl (C=O) groups excluding carboxylic acids is 1. The summed E-state index contributed by atoms with van der Waals surface area (Å²) < 4.78 is 5.41. The maximum absolute atomic E-state index is 12.1. The lowest BCUT2D eigenvalue weighted by atomic mass is 9.89. The summed E-state index contributed by atoms with van der Waals surface area (Å²) in [4.78, 5) is 14.4. The molecule has 4 nitrogen and oxygen atoms in total. The second kappa shape index (κ2) is 5.04. The zero-order chi connectivity index (χ0) is 12.5. The van der Waals surface area contributed by atoms with Gasteiger partial charge in [-0.2, -0.15) is 0 Å². The Kier molecular flexibility index (Phi) is 3.85. The van der Waals surface area contributed by atoms with E-state index in [4.69, 9.17) is 9.84 Å². The molecule has 2 unspecified atom stereocenters. The van der Waals surface area contributed by atoms with Gasteiger partial charge in [-0.3, -0.25) is 9.69 Å². The third kappa shape index (κ3) is 2.87. The van der Waals surface area contributed by atoms with Gasteiger partial charge in [0.2, 0.25) is 0 Å². The molecule has 0 amide bonds. The van der Waals surface area contributed by atoms with Crippen LogP contribution in [0.15, 0.2) is 0 Å². The van der Waals surface area contributed by atoms with Crippen molar-refractivity contribution in [2.45, 2.75) is 32.8 Å². The Morgan fingerprint density at radius 3 is 2.88 bits per heavy atom. The Labute approximate surface area is 103 Å². The van der Waals surface area contributed by atoms with Crippen LogP contribution in [0.4, 0.5) is 0 Å². The van der Waals surface area contributed by atoms with E-state index < -0.39 is 0 Å². The number of Topliss-reactive ketones (excluding diaryl/α,β-unsaturated/α-hetero) is 1. The lowest BCUT2D eigenvalue weighted by molar-refractivity contribution is -0.128. The lowest BCUT2D eigenvalue weighted by Gasteiger charge is -2.33. The van der Waals surface area contributed by atoms with Crippen molar-refractivity contribution < 1.29 is 14.6 Å². The van der Waals surface area contributed by atoms with Crippen molar-refractivity contribution in [3.8, 4) is 0 Å². The Hall–Kier alpha value is -0.450. The van der Waals surface area contributed by atoms with Crippen LogP contribution in [-0.2, 0) is 9.53 Å². The average molecular weight is 241 g/mol. The van der Waals surface area contributed by atoms with E-state index >= 15 is 0 Å². The average Bonchev–Trinajstić information content (AvgIpc) is 2.57. The van der Waals surface area contributed by atoms with Crippen molar-refractivity contribution in [2.24, 2.45) is 11.3 Å². The number of hydrogen-bond donors (Lipinski definition) is 1. The second-order valence-corrected chi connectivity index (χ2v) is 5.92. The highest BCUT2D eigenvalue weighted by atomic mass is 16.5. The first-order valence-electron chi connectivity index (χ1n) is 6.52. The number of rotatable bonds is 3. The summed E-state index contributed by atoms with van der Waals surface area (Å²) in [6, 6.07) is 0. The van der Waals surface area contributed by atoms with Crippen molar-refractivity contribution >= 4 is 5.78 Å². The molecule has 2 atom stereocenters. The first-order chi connectivity index (χ1) is 8.03. The molecule has 0 aromatic rings. The molecule has 17 heavy (non-hydrogen) atoms. The first kappa shape index (κ1) is 13.0. The third-order valence-corrected chi connectivity index (χ3v) is 4.06. The number of ether oxygens (including phenoxy) is 1. The largest absolute Gasteiger partial charge is 0.394 e. The molecule has 98 valence electrons. The van der Waals surface area contributed by atoms with Crippen LogP contribution in [0.3, 0.4) is 0 Å². The summed E-state index contributed by atoms with van der Waals surface area (Å²) in [5.74, 6) is 0.590. The van der Waals surface area contributed by atoms with Crippen molar-refractivity contribution in [3.05, 3.63) is 0 Å². The molecule has 0 bridgehead atoms. The predicted octanol–water partition coefficient (Wildman–Crippen LogP) is 0.685. The fourth-order valence-electron chi connectivity index (χ4n) is 2.88. The summed E-state index contributed by atoms with van der Waals surface area (Å²) >= 11 is 0. The van der Waals surface area contributed by atoms with Gasteiger partial charge in [0.15, 0.2) is 0 Å². The van der Waals surface area contributed by atoms with Gasteiger partial charge in [0.25, 0.3) is 0 Å². The molecule has 0 radical (unpaired) electrons. The number of ketones is 1. The topological polar surface area (TPSA) is 49.8 Å². The fourth-order valence-corrected chi connectivity index (χ4v) is 2.88. The normalized spacial score (nSPS) is 34.2. The van der Waals surface area contributed by atoms with Crippen LogP contribution in [0.1, 0.15) is 26.7 Å². The lowest BCUT2D eigenvalue weighted by Crippen LogP contribution is -2.46. The van der Waals surface area contributed by atoms with E-state index in [1.54, 1.807) is 0 Å². The predicted molar refractivity (Wildman–Crippen MR) is 64.8 cm³/mol. The van der Waals surface area contributed by atoms with Crippen LogP contribution in [0.2, 0.25) is 0 Å². The van der Waals surface area contributed by atoms with E-state index in [1.807, 2.05) is 13.8 Å². The minimum Gasteiger partial charge on any atom is -0.394 e. The summed E-state index contributed by atoms with van der Waals surface area (Å²) in [5, 5.41) is 9.09. The summed E-state index contributed by atoms with van der Waals surface area (Å²) in [6.45, 7) is 7.29. The molecule has 0 aromatic carbocycles. The summed E-state index contributed by atoms with van der Waals surface area (Å²) in [6.07, 6.45) is 1.94. The first-order valence-corrected chi connectivity index (χ1v) is 6.52. The van der Waals surface area contributed by atoms with E-state index in [9.17, 15) is 4.79 Å². The molecule has 1 aliphatic heterocycles. The van der Waals surface area contributed by atoms with Gasteiger partial charge in [0.05, 0.1) is 19.3 Å². The Bertz CT molecular complexity index is 290. The van der Waals surface area contributed by atoms with Crippen LogP contribution in [0.25, 0.3) is 0 Å². The monoisotopic (exact) mass is 241 g/mol.